The Morgan fingerprint density at radius 3 is 2.38 bits per heavy atom. The standard InChI is InChI=1S/C22H16N4/c1-2-9-17(10-3-1)26-22(20-12-6-7-15-23-20)24-19-14-13-16-8-4-5-11-18(16)21(19)25-26/h1-15,22H. The van der Waals surface area contributed by atoms with E-state index in [1.165, 1.54) is 0 Å². The molecule has 0 radical (unpaired) electrons. The Labute approximate surface area is 150 Å². The van der Waals surface area contributed by atoms with Crippen LogP contribution in [0.25, 0.3) is 10.8 Å². The van der Waals surface area contributed by atoms with E-state index >= 15 is 0 Å². The first-order valence-corrected chi connectivity index (χ1v) is 8.60. The number of para-hydroxylation sites is 1. The minimum absolute atomic E-state index is 0.285. The molecule has 1 atom stereocenters. The number of anilines is 1. The van der Waals surface area contributed by atoms with Crippen molar-refractivity contribution in [3.05, 3.63) is 108 Å². The van der Waals surface area contributed by atoms with Gasteiger partial charge >= 0.3 is 0 Å². The lowest BCUT2D eigenvalue weighted by atomic mass is 10.1. The first kappa shape index (κ1) is 14.8. The zero-order chi connectivity index (χ0) is 17.3. The molecule has 4 aromatic rings. The third kappa shape index (κ3) is 2.43. The van der Waals surface area contributed by atoms with Crippen molar-refractivity contribution in [1.82, 2.24) is 4.98 Å². The molecule has 4 heteroatoms. The molecule has 2 heterocycles. The highest BCUT2D eigenvalue weighted by molar-refractivity contribution is 5.81. The zero-order valence-corrected chi connectivity index (χ0v) is 14.0. The van der Waals surface area contributed by atoms with E-state index in [-0.39, 0.29) is 6.17 Å². The molecule has 0 bridgehead atoms. The molecular weight excluding hydrogens is 320 g/mol. The highest BCUT2D eigenvalue weighted by Gasteiger charge is 2.24. The molecular formula is C22H16N4. The maximum absolute atomic E-state index is 5.00. The van der Waals surface area contributed by atoms with Crippen LogP contribution in [0.3, 0.4) is 0 Å². The Morgan fingerprint density at radius 2 is 1.54 bits per heavy atom. The lowest BCUT2D eigenvalue weighted by Crippen LogP contribution is -2.39. The van der Waals surface area contributed by atoms with Crippen LogP contribution < -0.4 is 15.7 Å². The maximum Gasteiger partial charge on any atom is 0.185 e. The Morgan fingerprint density at radius 1 is 0.731 bits per heavy atom. The Bertz CT molecular complexity index is 1190. The van der Waals surface area contributed by atoms with Crippen LogP contribution in [0.5, 0.6) is 0 Å². The summed E-state index contributed by atoms with van der Waals surface area (Å²) in [6, 6.07) is 28.4. The summed E-state index contributed by atoms with van der Waals surface area (Å²) < 4.78 is 0. The van der Waals surface area contributed by atoms with Gasteiger partial charge in [-0.25, -0.2) is 10.0 Å². The van der Waals surface area contributed by atoms with Crippen LogP contribution in [0.4, 0.5) is 5.69 Å². The number of benzene rings is 3. The van der Waals surface area contributed by atoms with Crippen LogP contribution in [0.2, 0.25) is 0 Å². The van der Waals surface area contributed by atoms with Crippen LogP contribution >= 0.6 is 0 Å². The van der Waals surface area contributed by atoms with Crippen molar-refractivity contribution in [2.75, 3.05) is 5.01 Å². The van der Waals surface area contributed by atoms with E-state index in [9.17, 15) is 0 Å². The summed E-state index contributed by atoms with van der Waals surface area (Å²) in [6.45, 7) is 0. The predicted molar refractivity (Wildman–Crippen MR) is 102 cm³/mol. The number of rotatable bonds is 2. The third-order valence-corrected chi connectivity index (χ3v) is 4.55. The van der Waals surface area contributed by atoms with Crippen molar-refractivity contribution in [3.63, 3.8) is 0 Å². The van der Waals surface area contributed by atoms with Gasteiger partial charge in [-0.1, -0.05) is 54.6 Å². The number of fused-ring (bicyclic) bond motifs is 3. The monoisotopic (exact) mass is 336 g/mol. The van der Waals surface area contributed by atoms with Crippen molar-refractivity contribution in [2.24, 2.45) is 10.1 Å². The molecule has 0 fully saturated rings. The molecule has 124 valence electrons. The van der Waals surface area contributed by atoms with Gasteiger partial charge in [0, 0.05) is 11.6 Å². The molecule has 0 saturated heterocycles. The van der Waals surface area contributed by atoms with Gasteiger partial charge in [0.2, 0.25) is 0 Å². The summed E-state index contributed by atoms with van der Waals surface area (Å²) in [5, 5.41) is 11.0. The van der Waals surface area contributed by atoms with Gasteiger partial charge in [-0.15, -0.1) is 0 Å². The van der Waals surface area contributed by atoms with Crippen LogP contribution in [0, 0.1) is 0 Å². The Balaban J connectivity index is 1.81. The average Bonchev–Trinajstić information content (AvgIpc) is 2.74. The average molecular weight is 336 g/mol. The summed E-state index contributed by atoms with van der Waals surface area (Å²) in [6.07, 6.45) is 1.51. The summed E-state index contributed by atoms with van der Waals surface area (Å²) in [7, 11) is 0. The first-order valence-electron chi connectivity index (χ1n) is 8.60. The molecule has 1 aromatic heterocycles. The second kappa shape index (κ2) is 6.08. The SMILES string of the molecule is c1ccc(N2N=c3c(ccc4ccccc34)=NC2c2ccccn2)cc1. The van der Waals surface area contributed by atoms with Gasteiger partial charge in [0.05, 0.1) is 16.7 Å². The second-order valence-electron chi connectivity index (χ2n) is 6.19. The van der Waals surface area contributed by atoms with Gasteiger partial charge in [0.25, 0.3) is 0 Å². The van der Waals surface area contributed by atoms with Crippen LogP contribution in [0.15, 0.2) is 101 Å². The number of nitrogens with zero attached hydrogens (tertiary/aromatic N) is 4. The fraction of sp³-hybridized carbons (Fsp3) is 0.0455. The molecule has 0 N–H and O–H groups in total. The second-order valence-corrected chi connectivity index (χ2v) is 6.19. The van der Waals surface area contributed by atoms with E-state index in [1.54, 1.807) is 6.20 Å². The van der Waals surface area contributed by atoms with Gasteiger partial charge in [-0.3, -0.25) is 4.98 Å². The van der Waals surface area contributed by atoms with Gasteiger partial charge in [0.15, 0.2) is 6.17 Å². The van der Waals surface area contributed by atoms with Crippen molar-refractivity contribution in [1.29, 1.82) is 0 Å². The lowest BCUT2D eigenvalue weighted by Gasteiger charge is -2.28. The van der Waals surface area contributed by atoms with E-state index in [1.807, 2.05) is 71.7 Å². The summed E-state index contributed by atoms with van der Waals surface area (Å²) >= 11 is 0. The van der Waals surface area contributed by atoms with Crippen molar-refractivity contribution >= 4 is 16.5 Å². The molecule has 0 saturated carbocycles. The molecule has 4 nitrogen and oxygen atoms in total. The Kier molecular flexibility index (Phi) is 3.46. The van der Waals surface area contributed by atoms with Crippen molar-refractivity contribution in [2.45, 2.75) is 6.17 Å². The number of hydrogen-bond donors (Lipinski definition) is 0. The molecule has 0 spiro atoms. The first-order chi connectivity index (χ1) is 12.9. The quantitative estimate of drug-likeness (QED) is 0.561. The topological polar surface area (TPSA) is 40.9 Å². The summed E-state index contributed by atoms with van der Waals surface area (Å²) in [4.78, 5) is 9.51. The molecule has 0 amide bonds. The minimum atomic E-state index is -0.285. The number of hydrogen-bond acceptors (Lipinski definition) is 4. The van der Waals surface area contributed by atoms with E-state index in [0.29, 0.717) is 0 Å². The van der Waals surface area contributed by atoms with E-state index in [4.69, 9.17) is 10.1 Å². The molecule has 1 aliphatic heterocycles. The normalized spacial score (nSPS) is 15.8. The van der Waals surface area contributed by atoms with E-state index in [0.717, 1.165) is 32.9 Å². The summed E-state index contributed by atoms with van der Waals surface area (Å²) in [5.41, 5.74) is 1.87. The smallest absolute Gasteiger partial charge is 0.185 e. The van der Waals surface area contributed by atoms with Gasteiger partial charge in [-0.2, -0.15) is 5.10 Å². The lowest BCUT2D eigenvalue weighted by molar-refractivity contribution is 0.605. The molecule has 1 aliphatic rings. The number of pyridine rings is 1. The summed E-state index contributed by atoms with van der Waals surface area (Å²) in [5.74, 6) is 0. The highest BCUT2D eigenvalue weighted by Crippen LogP contribution is 2.28. The Hall–Kier alpha value is -3.53. The van der Waals surface area contributed by atoms with Crippen molar-refractivity contribution < 1.29 is 0 Å². The third-order valence-electron chi connectivity index (χ3n) is 4.55. The van der Waals surface area contributed by atoms with Gasteiger partial charge in [0.1, 0.15) is 5.36 Å². The minimum Gasteiger partial charge on any atom is -0.257 e. The molecule has 5 rings (SSSR count). The zero-order valence-electron chi connectivity index (χ0n) is 14.0. The fourth-order valence-electron chi connectivity index (χ4n) is 3.30. The van der Waals surface area contributed by atoms with Gasteiger partial charge in [-0.05, 0) is 35.7 Å². The fourth-order valence-corrected chi connectivity index (χ4v) is 3.30. The van der Waals surface area contributed by atoms with Crippen LogP contribution in [-0.4, -0.2) is 4.98 Å². The number of aromatic nitrogens is 1. The molecule has 1 unspecified atom stereocenters. The van der Waals surface area contributed by atoms with Crippen molar-refractivity contribution in [3.8, 4) is 0 Å². The van der Waals surface area contributed by atoms with Crippen LogP contribution in [-0.2, 0) is 0 Å². The maximum atomic E-state index is 5.00. The van der Waals surface area contributed by atoms with Crippen LogP contribution in [0.1, 0.15) is 11.9 Å². The largest absolute Gasteiger partial charge is 0.257 e. The molecule has 0 aliphatic carbocycles. The predicted octanol–water partition coefficient (Wildman–Crippen LogP) is 3.61. The molecule has 26 heavy (non-hydrogen) atoms. The van der Waals surface area contributed by atoms with Gasteiger partial charge < -0.3 is 0 Å². The highest BCUT2D eigenvalue weighted by atomic mass is 15.5. The van der Waals surface area contributed by atoms with E-state index < -0.39 is 0 Å². The van der Waals surface area contributed by atoms with E-state index in [2.05, 4.69) is 23.2 Å². The molecule has 3 aromatic carbocycles.